The van der Waals surface area contributed by atoms with Gasteiger partial charge < -0.3 is 10.0 Å². The van der Waals surface area contributed by atoms with Crippen molar-refractivity contribution in [1.29, 1.82) is 0 Å². The van der Waals surface area contributed by atoms with Gasteiger partial charge in [0, 0.05) is 45.8 Å². The maximum absolute atomic E-state index is 13.8. The lowest BCUT2D eigenvalue weighted by atomic mass is 9.90. The highest BCUT2D eigenvalue weighted by Gasteiger charge is 2.40. The fourth-order valence-electron chi connectivity index (χ4n) is 5.35. The maximum atomic E-state index is 13.8. The first-order valence-corrected chi connectivity index (χ1v) is 12.3. The average molecular weight is 456 g/mol. The summed E-state index contributed by atoms with van der Waals surface area (Å²) in [5.74, 6) is -0.280. The minimum atomic E-state index is -0.517. The van der Waals surface area contributed by atoms with Gasteiger partial charge in [-0.15, -0.1) is 0 Å². The first-order chi connectivity index (χ1) is 16.7. The Morgan fingerprint density at radius 3 is 1.85 bits per heavy atom. The van der Waals surface area contributed by atoms with Crippen LogP contribution < -0.4 is 0 Å². The summed E-state index contributed by atoms with van der Waals surface area (Å²) in [5.41, 5.74) is 3.32. The summed E-state index contributed by atoms with van der Waals surface area (Å²) in [7, 11) is 0. The third kappa shape index (κ3) is 5.07. The van der Waals surface area contributed by atoms with Gasteiger partial charge in [-0.25, -0.2) is 0 Å². The van der Waals surface area contributed by atoms with Crippen LogP contribution in [0.2, 0.25) is 0 Å². The number of hydrogen-bond acceptors (Lipinski definition) is 4. The Kier molecular flexibility index (Phi) is 7.05. The highest BCUT2D eigenvalue weighted by atomic mass is 16.3. The van der Waals surface area contributed by atoms with Crippen molar-refractivity contribution in [2.75, 3.05) is 39.3 Å². The van der Waals surface area contributed by atoms with Crippen molar-refractivity contribution in [3.63, 3.8) is 0 Å². The zero-order valence-electron chi connectivity index (χ0n) is 19.5. The molecule has 34 heavy (non-hydrogen) atoms. The van der Waals surface area contributed by atoms with Crippen LogP contribution in [0.3, 0.4) is 0 Å². The number of nitrogens with zero attached hydrogens (tertiary/aromatic N) is 3. The van der Waals surface area contributed by atoms with E-state index in [1.165, 1.54) is 5.56 Å². The zero-order chi connectivity index (χ0) is 23.3. The number of carbonyl (C=O) groups excluding carboxylic acids is 1. The molecule has 2 heterocycles. The van der Waals surface area contributed by atoms with Crippen LogP contribution in [0.5, 0.6) is 0 Å². The maximum Gasteiger partial charge on any atom is 0.234 e. The molecular formula is C29H33N3O2. The molecule has 5 nitrogen and oxygen atoms in total. The second-order valence-electron chi connectivity index (χ2n) is 9.43. The molecule has 1 N–H and O–H groups in total. The minimum Gasteiger partial charge on any atom is -0.390 e. The number of rotatable bonds is 6. The number of likely N-dealkylation sites (tertiary alicyclic amines) is 1. The monoisotopic (exact) mass is 455 g/mol. The van der Waals surface area contributed by atoms with Gasteiger partial charge in [-0.05, 0) is 16.7 Å². The van der Waals surface area contributed by atoms with Crippen LogP contribution in [0.4, 0.5) is 0 Å². The van der Waals surface area contributed by atoms with Gasteiger partial charge in [0.15, 0.2) is 0 Å². The Balaban J connectivity index is 1.24. The molecule has 0 saturated carbocycles. The fraction of sp³-hybridized carbons (Fsp3) is 0.345. The van der Waals surface area contributed by atoms with Crippen molar-refractivity contribution < 1.29 is 9.90 Å². The predicted molar refractivity (Wildman–Crippen MR) is 134 cm³/mol. The molecule has 0 radical (unpaired) electrons. The molecule has 0 aromatic heterocycles. The van der Waals surface area contributed by atoms with Crippen molar-refractivity contribution in [3.8, 4) is 0 Å². The van der Waals surface area contributed by atoms with E-state index < -0.39 is 6.10 Å². The van der Waals surface area contributed by atoms with Crippen molar-refractivity contribution >= 4 is 5.91 Å². The lowest BCUT2D eigenvalue weighted by Gasteiger charge is -2.38. The van der Waals surface area contributed by atoms with E-state index >= 15 is 0 Å². The van der Waals surface area contributed by atoms with Gasteiger partial charge in [0.25, 0.3) is 0 Å². The highest BCUT2D eigenvalue weighted by molar-refractivity contribution is 5.87. The summed E-state index contributed by atoms with van der Waals surface area (Å²) in [6, 6.07) is 30.5. The summed E-state index contributed by atoms with van der Waals surface area (Å²) in [5, 5.41) is 10.9. The molecule has 2 fully saturated rings. The van der Waals surface area contributed by atoms with Gasteiger partial charge in [-0.3, -0.25) is 14.6 Å². The van der Waals surface area contributed by atoms with E-state index in [1.54, 1.807) is 0 Å². The Bertz CT molecular complexity index is 1010. The molecule has 176 valence electrons. The van der Waals surface area contributed by atoms with E-state index in [4.69, 9.17) is 0 Å². The summed E-state index contributed by atoms with van der Waals surface area (Å²) >= 11 is 0. The fourth-order valence-corrected chi connectivity index (χ4v) is 5.35. The SMILES string of the molecule is O=C(C(c1ccccc1)c1ccccc1)N1CC(O)[C@H](N2CCN(Cc3ccccc3)CC2)C1. The van der Waals surface area contributed by atoms with Gasteiger partial charge in [0.2, 0.25) is 5.91 Å². The standard InChI is InChI=1S/C29H33N3O2/c33-27-22-32(29(34)28(24-12-6-2-7-13-24)25-14-8-3-9-15-25)21-26(27)31-18-16-30(17-19-31)20-23-10-4-1-5-11-23/h1-15,26-28,33H,16-22H2/t26-,27?/m1/s1. The predicted octanol–water partition coefficient (Wildman–Crippen LogP) is 3.21. The number of β-amino-alcohol motifs (C(OH)–C–C–N with tert-alkyl or cyclic N) is 1. The summed E-state index contributed by atoms with van der Waals surface area (Å²) in [6.07, 6.45) is -0.517. The molecule has 2 aliphatic heterocycles. The number of aliphatic hydroxyl groups excluding tert-OH is 1. The minimum absolute atomic E-state index is 0.00461. The van der Waals surface area contributed by atoms with Gasteiger partial charge in [-0.2, -0.15) is 0 Å². The van der Waals surface area contributed by atoms with Gasteiger partial charge >= 0.3 is 0 Å². The van der Waals surface area contributed by atoms with Crippen LogP contribution >= 0.6 is 0 Å². The molecule has 5 rings (SSSR count). The van der Waals surface area contributed by atoms with Crippen LogP contribution in [0.15, 0.2) is 91.0 Å². The van der Waals surface area contributed by atoms with E-state index in [0.717, 1.165) is 43.9 Å². The van der Waals surface area contributed by atoms with Crippen LogP contribution in [0, 0.1) is 0 Å². The quantitative estimate of drug-likeness (QED) is 0.620. The molecule has 0 aliphatic carbocycles. The normalized spacial score (nSPS) is 21.8. The molecule has 2 atom stereocenters. The van der Waals surface area contributed by atoms with Gasteiger partial charge in [0.1, 0.15) is 0 Å². The molecule has 0 bridgehead atoms. The Hall–Kier alpha value is -2.99. The molecule has 5 heteroatoms. The van der Waals surface area contributed by atoms with E-state index in [2.05, 4.69) is 40.1 Å². The number of piperazine rings is 1. The molecule has 1 amide bonds. The number of aliphatic hydroxyl groups is 1. The van der Waals surface area contributed by atoms with Gasteiger partial charge in [0.05, 0.1) is 18.1 Å². The third-order valence-corrected chi connectivity index (χ3v) is 7.21. The number of benzene rings is 3. The first kappa shape index (κ1) is 22.8. The van der Waals surface area contributed by atoms with Crippen molar-refractivity contribution in [2.24, 2.45) is 0 Å². The van der Waals surface area contributed by atoms with Crippen molar-refractivity contribution in [3.05, 3.63) is 108 Å². The molecule has 2 saturated heterocycles. The topological polar surface area (TPSA) is 47.0 Å². The first-order valence-electron chi connectivity index (χ1n) is 12.3. The van der Waals surface area contributed by atoms with Crippen molar-refractivity contribution in [1.82, 2.24) is 14.7 Å². The Labute approximate surface area is 202 Å². The molecule has 3 aromatic carbocycles. The number of hydrogen-bond donors (Lipinski definition) is 1. The summed E-state index contributed by atoms with van der Waals surface area (Å²) in [6.45, 7) is 5.71. The summed E-state index contributed by atoms with van der Waals surface area (Å²) in [4.78, 5) is 20.5. The molecular weight excluding hydrogens is 422 g/mol. The van der Waals surface area contributed by atoms with E-state index in [9.17, 15) is 9.90 Å². The molecule has 1 unspecified atom stereocenters. The van der Waals surface area contributed by atoms with Crippen LogP contribution in [0.1, 0.15) is 22.6 Å². The smallest absolute Gasteiger partial charge is 0.234 e. The number of amides is 1. The van der Waals surface area contributed by atoms with E-state index in [0.29, 0.717) is 13.1 Å². The highest BCUT2D eigenvalue weighted by Crippen LogP contribution is 2.29. The molecule has 2 aliphatic rings. The molecule has 3 aromatic rings. The summed E-state index contributed by atoms with van der Waals surface area (Å²) < 4.78 is 0. The van der Waals surface area contributed by atoms with Crippen molar-refractivity contribution in [2.45, 2.75) is 24.6 Å². The second-order valence-corrected chi connectivity index (χ2v) is 9.43. The van der Waals surface area contributed by atoms with E-state index in [1.807, 2.05) is 65.6 Å². The lowest BCUT2D eigenvalue weighted by Crippen LogP contribution is -2.53. The average Bonchev–Trinajstić information content (AvgIpc) is 3.28. The largest absolute Gasteiger partial charge is 0.390 e. The van der Waals surface area contributed by atoms with Gasteiger partial charge in [-0.1, -0.05) is 91.0 Å². The zero-order valence-corrected chi connectivity index (χ0v) is 19.5. The Morgan fingerprint density at radius 1 is 0.765 bits per heavy atom. The lowest BCUT2D eigenvalue weighted by molar-refractivity contribution is -0.131. The third-order valence-electron chi connectivity index (χ3n) is 7.21. The Morgan fingerprint density at radius 2 is 1.29 bits per heavy atom. The number of carbonyl (C=O) groups is 1. The van der Waals surface area contributed by atoms with Crippen LogP contribution in [-0.2, 0) is 11.3 Å². The van der Waals surface area contributed by atoms with Crippen LogP contribution in [-0.4, -0.2) is 77.1 Å². The van der Waals surface area contributed by atoms with E-state index in [-0.39, 0.29) is 17.9 Å². The molecule has 0 spiro atoms. The van der Waals surface area contributed by atoms with Crippen LogP contribution in [0.25, 0.3) is 0 Å². The second kappa shape index (κ2) is 10.5.